The Morgan fingerprint density at radius 2 is 1.94 bits per heavy atom. The van der Waals surface area contributed by atoms with Crippen molar-refractivity contribution in [3.63, 3.8) is 0 Å². The summed E-state index contributed by atoms with van der Waals surface area (Å²) in [6, 6.07) is 0.0862. The van der Waals surface area contributed by atoms with Crippen LogP contribution in [-0.4, -0.2) is 37.0 Å². The standard InChI is InChI=1S/C13H29NO2/c1-4-6-7-8-9-12(3)16-11-13(10-15)14-5-2/h12-15H,4-11H2,1-3H3. The van der Waals surface area contributed by atoms with Crippen molar-refractivity contribution in [2.24, 2.45) is 0 Å². The first-order valence-electron chi connectivity index (χ1n) is 6.70. The predicted octanol–water partition coefficient (Wildman–Crippen LogP) is 2.33. The third-order valence-corrected chi connectivity index (χ3v) is 2.76. The zero-order valence-electron chi connectivity index (χ0n) is 11.2. The largest absolute Gasteiger partial charge is 0.395 e. The summed E-state index contributed by atoms with van der Waals surface area (Å²) in [6.07, 6.45) is 6.60. The van der Waals surface area contributed by atoms with Crippen LogP contribution < -0.4 is 5.32 Å². The Morgan fingerprint density at radius 3 is 2.50 bits per heavy atom. The minimum Gasteiger partial charge on any atom is -0.395 e. The normalized spacial score (nSPS) is 15.0. The third-order valence-electron chi connectivity index (χ3n) is 2.76. The van der Waals surface area contributed by atoms with Crippen molar-refractivity contribution in [2.75, 3.05) is 19.8 Å². The van der Waals surface area contributed by atoms with E-state index in [1.54, 1.807) is 0 Å². The molecule has 0 aromatic carbocycles. The molecule has 0 aliphatic heterocycles. The minimum atomic E-state index is 0.0862. The maximum absolute atomic E-state index is 9.07. The summed E-state index contributed by atoms with van der Waals surface area (Å²) in [7, 11) is 0. The predicted molar refractivity (Wildman–Crippen MR) is 68.7 cm³/mol. The van der Waals surface area contributed by atoms with Gasteiger partial charge in [-0.15, -0.1) is 0 Å². The SMILES string of the molecule is CCCCCCC(C)OCC(CO)NCC. The molecule has 0 rings (SSSR count). The molecule has 2 N–H and O–H groups in total. The first-order valence-corrected chi connectivity index (χ1v) is 6.70. The van der Waals surface area contributed by atoms with Crippen LogP contribution in [0.15, 0.2) is 0 Å². The topological polar surface area (TPSA) is 41.5 Å². The molecule has 0 aromatic rings. The molecule has 2 atom stereocenters. The Balaban J connectivity index is 3.43. The van der Waals surface area contributed by atoms with Gasteiger partial charge in [-0.2, -0.15) is 0 Å². The molecule has 3 heteroatoms. The van der Waals surface area contributed by atoms with Gasteiger partial charge in [0.05, 0.1) is 25.4 Å². The van der Waals surface area contributed by atoms with Crippen molar-refractivity contribution in [1.29, 1.82) is 0 Å². The van der Waals surface area contributed by atoms with Crippen molar-refractivity contribution in [3.8, 4) is 0 Å². The molecular weight excluding hydrogens is 202 g/mol. The molecular formula is C13H29NO2. The summed E-state index contributed by atoms with van der Waals surface area (Å²) in [6.45, 7) is 8.01. The van der Waals surface area contributed by atoms with Crippen molar-refractivity contribution >= 4 is 0 Å². The number of nitrogens with one attached hydrogen (secondary N) is 1. The van der Waals surface area contributed by atoms with E-state index in [9.17, 15) is 0 Å². The lowest BCUT2D eigenvalue weighted by atomic mass is 10.1. The number of ether oxygens (including phenoxy) is 1. The number of hydrogen-bond donors (Lipinski definition) is 2. The molecule has 0 aliphatic carbocycles. The molecule has 16 heavy (non-hydrogen) atoms. The number of aliphatic hydroxyl groups is 1. The second kappa shape index (κ2) is 11.4. The number of hydrogen-bond acceptors (Lipinski definition) is 3. The molecule has 0 saturated heterocycles. The summed E-state index contributed by atoms with van der Waals surface area (Å²) in [5.74, 6) is 0. The molecule has 0 aromatic heterocycles. The van der Waals surface area contributed by atoms with E-state index in [1.807, 2.05) is 6.92 Å². The van der Waals surface area contributed by atoms with E-state index in [1.165, 1.54) is 25.7 Å². The molecule has 0 aliphatic rings. The average Bonchev–Trinajstić information content (AvgIpc) is 2.30. The fraction of sp³-hybridized carbons (Fsp3) is 1.00. The van der Waals surface area contributed by atoms with E-state index in [0.29, 0.717) is 12.7 Å². The molecule has 0 fully saturated rings. The molecule has 0 bridgehead atoms. The summed E-state index contributed by atoms with van der Waals surface area (Å²) >= 11 is 0. The zero-order chi connectivity index (χ0) is 12.2. The third kappa shape index (κ3) is 9.13. The first kappa shape index (κ1) is 15.9. The van der Waals surface area contributed by atoms with Crippen LogP contribution in [0.25, 0.3) is 0 Å². The molecule has 3 nitrogen and oxygen atoms in total. The highest BCUT2D eigenvalue weighted by Crippen LogP contribution is 2.08. The van der Waals surface area contributed by atoms with Gasteiger partial charge >= 0.3 is 0 Å². The monoisotopic (exact) mass is 231 g/mol. The van der Waals surface area contributed by atoms with Crippen LogP contribution in [-0.2, 0) is 4.74 Å². The highest BCUT2D eigenvalue weighted by molar-refractivity contribution is 4.64. The molecule has 0 radical (unpaired) electrons. The van der Waals surface area contributed by atoms with Gasteiger partial charge in [0.2, 0.25) is 0 Å². The van der Waals surface area contributed by atoms with Crippen LogP contribution in [0.2, 0.25) is 0 Å². The average molecular weight is 231 g/mol. The Morgan fingerprint density at radius 1 is 1.19 bits per heavy atom. The lowest BCUT2D eigenvalue weighted by Crippen LogP contribution is -2.37. The summed E-state index contributed by atoms with van der Waals surface area (Å²) in [4.78, 5) is 0. The van der Waals surface area contributed by atoms with Gasteiger partial charge in [-0.25, -0.2) is 0 Å². The fourth-order valence-corrected chi connectivity index (χ4v) is 1.69. The van der Waals surface area contributed by atoms with Crippen molar-refractivity contribution in [3.05, 3.63) is 0 Å². The van der Waals surface area contributed by atoms with Crippen LogP contribution in [0, 0.1) is 0 Å². The molecule has 2 unspecified atom stereocenters. The first-order chi connectivity index (χ1) is 7.74. The van der Waals surface area contributed by atoms with Crippen LogP contribution in [0.4, 0.5) is 0 Å². The second-order valence-electron chi connectivity index (χ2n) is 4.43. The van der Waals surface area contributed by atoms with Crippen molar-refractivity contribution in [1.82, 2.24) is 5.32 Å². The quantitative estimate of drug-likeness (QED) is 0.536. The van der Waals surface area contributed by atoms with E-state index in [2.05, 4.69) is 19.2 Å². The minimum absolute atomic E-state index is 0.0862. The lowest BCUT2D eigenvalue weighted by Gasteiger charge is -2.19. The van der Waals surface area contributed by atoms with Gasteiger partial charge in [-0.3, -0.25) is 0 Å². The van der Waals surface area contributed by atoms with Crippen molar-refractivity contribution in [2.45, 2.75) is 65.0 Å². The van der Waals surface area contributed by atoms with Gasteiger partial charge < -0.3 is 15.2 Å². The lowest BCUT2D eigenvalue weighted by molar-refractivity contribution is 0.0319. The van der Waals surface area contributed by atoms with E-state index >= 15 is 0 Å². The Hall–Kier alpha value is -0.120. The molecule has 98 valence electrons. The molecule has 0 spiro atoms. The fourth-order valence-electron chi connectivity index (χ4n) is 1.69. The number of likely N-dealkylation sites (N-methyl/N-ethyl adjacent to an activating group) is 1. The van der Waals surface area contributed by atoms with Crippen LogP contribution in [0.5, 0.6) is 0 Å². The molecule has 0 saturated carbocycles. The zero-order valence-corrected chi connectivity index (χ0v) is 11.2. The van der Waals surface area contributed by atoms with Crippen LogP contribution in [0.3, 0.4) is 0 Å². The summed E-state index contributed by atoms with van der Waals surface area (Å²) < 4.78 is 5.71. The maximum Gasteiger partial charge on any atom is 0.0645 e. The van der Waals surface area contributed by atoms with E-state index in [4.69, 9.17) is 9.84 Å². The molecule has 0 heterocycles. The van der Waals surface area contributed by atoms with Gasteiger partial charge in [-0.1, -0.05) is 39.5 Å². The number of unbranched alkanes of at least 4 members (excludes halogenated alkanes) is 3. The Kier molecular flexibility index (Phi) is 11.3. The van der Waals surface area contributed by atoms with E-state index in [-0.39, 0.29) is 12.6 Å². The number of aliphatic hydroxyl groups excluding tert-OH is 1. The Bertz CT molecular complexity index is 142. The van der Waals surface area contributed by atoms with Crippen LogP contribution >= 0.6 is 0 Å². The highest BCUT2D eigenvalue weighted by atomic mass is 16.5. The van der Waals surface area contributed by atoms with Crippen LogP contribution in [0.1, 0.15) is 52.9 Å². The highest BCUT2D eigenvalue weighted by Gasteiger charge is 2.08. The number of rotatable bonds is 11. The smallest absolute Gasteiger partial charge is 0.0645 e. The van der Waals surface area contributed by atoms with Crippen molar-refractivity contribution < 1.29 is 9.84 Å². The second-order valence-corrected chi connectivity index (χ2v) is 4.43. The van der Waals surface area contributed by atoms with Gasteiger partial charge in [0.15, 0.2) is 0 Å². The summed E-state index contributed by atoms with van der Waals surface area (Å²) in [5, 5.41) is 12.3. The molecule has 0 amide bonds. The van der Waals surface area contributed by atoms with Gasteiger partial charge in [-0.05, 0) is 19.9 Å². The van der Waals surface area contributed by atoms with E-state index in [0.717, 1.165) is 13.0 Å². The van der Waals surface area contributed by atoms with Gasteiger partial charge in [0.25, 0.3) is 0 Å². The Labute approximate surface area is 101 Å². The van der Waals surface area contributed by atoms with E-state index < -0.39 is 0 Å². The van der Waals surface area contributed by atoms with Gasteiger partial charge in [0, 0.05) is 0 Å². The summed E-state index contributed by atoms with van der Waals surface area (Å²) in [5.41, 5.74) is 0. The maximum atomic E-state index is 9.07. The van der Waals surface area contributed by atoms with Gasteiger partial charge in [0.1, 0.15) is 0 Å².